The number of aromatic amines is 1. The van der Waals surface area contributed by atoms with E-state index in [0.29, 0.717) is 12.1 Å². The first-order valence-corrected chi connectivity index (χ1v) is 14.6. The Morgan fingerprint density at radius 1 is 0.778 bits per heavy atom. The minimum Gasteiger partial charge on any atom is -0.292 e. The van der Waals surface area contributed by atoms with Crippen molar-refractivity contribution in [2.24, 2.45) is 0 Å². The van der Waals surface area contributed by atoms with Gasteiger partial charge in [0.1, 0.15) is 17.0 Å². The maximum Gasteiger partial charge on any atom is 0.284 e. The van der Waals surface area contributed by atoms with Crippen LogP contribution in [0.2, 0.25) is 0 Å². The molecule has 196 valence electrons. The van der Waals surface area contributed by atoms with Crippen LogP contribution in [0.5, 0.6) is 0 Å². The maximum atomic E-state index is 13.0. The molecule has 0 bridgehead atoms. The maximum absolute atomic E-state index is 13.0. The molecule has 7 heteroatoms. The zero-order valence-electron chi connectivity index (χ0n) is 21.6. The van der Waals surface area contributed by atoms with E-state index >= 15 is 0 Å². The molecule has 0 saturated carbocycles. The summed E-state index contributed by atoms with van der Waals surface area (Å²) in [5, 5.41) is 6.64. The lowest BCUT2D eigenvalue weighted by atomic mass is 10.0. The Hall–Kier alpha value is -2.28. The number of hydrogen-bond acceptors (Lipinski definition) is 4. The van der Waals surface area contributed by atoms with Crippen LogP contribution in [0.1, 0.15) is 141 Å². The molecule has 1 aromatic carbocycles. The monoisotopic (exact) mass is 557 g/mol. The third-order valence-corrected chi connectivity index (χ3v) is 7.49. The summed E-state index contributed by atoms with van der Waals surface area (Å²) in [5.74, 6) is -1.15. The Bertz CT molecular complexity index is 1000. The fraction of sp³-hybridized carbons (Fsp3) is 0.586. The molecule has 1 aliphatic rings. The summed E-state index contributed by atoms with van der Waals surface area (Å²) in [5.41, 5.74) is 0.767. The van der Waals surface area contributed by atoms with Crippen LogP contribution in [0.4, 0.5) is 5.69 Å². The molecule has 0 spiro atoms. The van der Waals surface area contributed by atoms with Crippen LogP contribution in [0.15, 0.2) is 28.7 Å². The van der Waals surface area contributed by atoms with Gasteiger partial charge in [-0.25, -0.2) is 4.90 Å². The van der Waals surface area contributed by atoms with Crippen molar-refractivity contribution in [2.45, 2.75) is 110 Å². The van der Waals surface area contributed by atoms with Gasteiger partial charge >= 0.3 is 0 Å². The van der Waals surface area contributed by atoms with E-state index in [2.05, 4.69) is 33.1 Å². The molecule has 2 heterocycles. The number of Topliss-reactive ketones (excluding diaryl/α,β-unsaturated/α-hetero) is 1. The molecule has 0 fully saturated rings. The highest BCUT2D eigenvalue weighted by atomic mass is 79.9. The smallest absolute Gasteiger partial charge is 0.284 e. The van der Waals surface area contributed by atoms with Crippen LogP contribution in [0.3, 0.4) is 0 Å². The normalized spacial score (nSPS) is 13.0. The van der Waals surface area contributed by atoms with Gasteiger partial charge < -0.3 is 0 Å². The van der Waals surface area contributed by atoms with Crippen molar-refractivity contribution >= 4 is 39.2 Å². The molecule has 0 aliphatic carbocycles. The van der Waals surface area contributed by atoms with Gasteiger partial charge in [-0.05, 0) is 30.7 Å². The van der Waals surface area contributed by atoms with Crippen molar-refractivity contribution in [3.05, 3.63) is 45.7 Å². The van der Waals surface area contributed by atoms with Crippen molar-refractivity contribution < 1.29 is 14.4 Å². The van der Waals surface area contributed by atoms with Gasteiger partial charge in [0.15, 0.2) is 5.78 Å². The second-order valence-corrected chi connectivity index (χ2v) is 10.8. The van der Waals surface area contributed by atoms with Crippen LogP contribution in [0.25, 0.3) is 0 Å². The topological polar surface area (TPSA) is 83.1 Å². The number of benzene rings is 1. The second kappa shape index (κ2) is 15.1. The summed E-state index contributed by atoms with van der Waals surface area (Å²) in [6.07, 6.45) is 19.4. The number of unbranched alkanes of at least 4 members (excludes halogenated alkanes) is 14. The molecule has 36 heavy (non-hydrogen) atoms. The number of imide groups is 1. The highest BCUT2D eigenvalue weighted by Gasteiger charge is 2.42. The minimum atomic E-state index is -0.495. The first-order chi connectivity index (χ1) is 17.5. The molecule has 1 aliphatic heterocycles. The first kappa shape index (κ1) is 28.3. The van der Waals surface area contributed by atoms with Gasteiger partial charge in [0, 0.05) is 10.9 Å². The van der Waals surface area contributed by atoms with E-state index in [1.807, 2.05) is 0 Å². The van der Waals surface area contributed by atoms with Crippen LogP contribution < -0.4 is 4.90 Å². The van der Waals surface area contributed by atoms with Gasteiger partial charge in [-0.3, -0.25) is 19.5 Å². The Kier molecular flexibility index (Phi) is 11.9. The number of carbonyl (C=O) groups excluding carboxylic acids is 3. The SMILES string of the molecule is CCCCCCCCCCCCCCCCCC(=O)c1n[nH]c2c1C(=O)N(c1ccc(Br)cc1)C2=O. The molecule has 3 rings (SSSR count). The van der Waals surface area contributed by atoms with Gasteiger partial charge in [0.05, 0.1) is 5.69 Å². The van der Waals surface area contributed by atoms with E-state index in [1.165, 1.54) is 77.0 Å². The van der Waals surface area contributed by atoms with E-state index in [9.17, 15) is 14.4 Å². The predicted octanol–water partition coefficient (Wildman–Crippen LogP) is 8.42. The summed E-state index contributed by atoms with van der Waals surface area (Å²) in [4.78, 5) is 39.6. The lowest BCUT2D eigenvalue weighted by molar-refractivity contribution is 0.0910. The summed E-state index contributed by atoms with van der Waals surface area (Å²) in [7, 11) is 0. The molecule has 1 N–H and O–H groups in total. The molecule has 6 nitrogen and oxygen atoms in total. The van der Waals surface area contributed by atoms with E-state index in [4.69, 9.17) is 0 Å². The number of anilines is 1. The first-order valence-electron chi connectivity index (χ1n) is 13.8. The average molecular weight is 559 g/mol. The minimum absolute atomic E-state index is 0.0910. The second-order valence-electron chi connectivity index (χ2n) is 9.87. The Morgan fingerprint density at radius 2 is 1.28 bits per heavy atom. The lowest BCUT2D eigenvalue weighted by Gasteiger charge is -2.14. The number of rotatable bonds is 18. The number of carbonyl (C=O) groups is 3. The predicted molar refractivity (Wildman–Crippen MR) is 148 cm³/mol. The zero-order valence-corrected chi connectivity index (χ0v) is 23.2. The number of aromatic nitrogens is 2. The largest absolute Gasteiger partial charge is 0.292 e. The fourth-order valence-corrected chi connectivity index (χ4v) is 5.09. The summed E-state index contributed by atoms with van der Waals surface area (Å²) in [6, 6.07) is 6.92. The van der Waals surface area contributed by atoms with Crippen molar-refractivity contribution in [2.75, 3.05) is 4.90 Å². The molecule has 1 aromatic heterocycles. The van der Waals surface area contributed by atoms with Crippen LogP contribution in [-0.4, -0.2) is 27.8 Å². The Labute approximate surface area is 223 Å². The van der Waals surface area contributed by atoms with Gasteiger partial charge in [-0.15, -0.1) is 0 Å². The molecule has 2 amide bonds. The average Bonchev–Trinajstić information content (AvgIpc) is 3.42. The standard InChI is InChI=1S/C29H40BrN3O3/c1-2-3-4-5-6-7-8-9-10-11-12-13-14-15-16-17-24(34)26-25-27(32-31-26)29(36)33(28(25)35)23-20-18-22(30)19-21-23/h18-21H,2-17H2,1H3,(H,31,32). The molecule has 0 saturated heterocycles. The van der Waals surface area contributed by atoms with Crippen molar-refractivity contribution in [1.29, 1.82) is 0 Å². The number of halogens is 1. The zero-order chi connectivity index (χ0) is 25.8. The van der Waals surface area contributed by atoms with Crippen molar-refractivity contribution in [3.63, 3.8) is 0 Å². The Morgan fingerprint density at radius 3 is 1.81 bits per heavy atom. The quantitative estimate of drug-likeness (QED) is 0.113. The number of hydrogen-bond donors (Lipinski definition) is 1. The molecule has 2 aromatic rings. The number of nitrogens with one attached hydrogen (secondary N) is 1. The van der Waals surface area contributed by atoms with Crippen molar-refractivity contribution in [1.82, 2.24) is 10.2 Å². The van der Waals surface area contributed by atoms with Crippen LogP contribution in [0, 0.1) is 0 Å². The number of nitrogens with zero attached hydrogens (tertiary/aromatic N) is 2. The van der Waals surface area contributed by atoms with Gasteiger partial charge in [-0.2, -0.15) is 5.10 Å². The van der Waals surface area contributed by atoms with E-state index in [1.54, 1.807) is 24.3 Å². The van der Waals surface area contributed by atoms with E-state index < -0.39 is 11.8 Å². The number of H-pyrrole nitrogens is 1. The third-order valence-electron chi connectivity index (χ3n) is 6.96. The summed E-state index contributed by atoms with van der Waals surface area (Å²) < 4.78 is 0.852. The van der Waals surface area contributed by atoms with Gasteiger partial charge in [0.25, 0.3) is 11.8 Å². The fourth-order valence-electron chi connectivity index (χ4n) is 4.82. The molecular formula is C29H40BrN3O3. The van der Waals surface area contributed by atoms with Gasteiger partial charge in [-0.1, -0.05) is 113 Å². The number of amides is 2. The molecule has 0 radical (unpaired) electrons. The van der Waals surface area contributed by atoms with E-state index in [0.717, 1.165) is 28.6 Å². The molecular weight excluding hydrogens is 518 g/mol. The van der Waals surface area contributed by atoms with Crippen LogP contribution >= 0.6 is 15.9 Å². The third kappa shape index (κ3) is 7.86. The molecule has 0 atom stereocenters. The summed E-state index contributed by atoms with van der Waals surface area (Å²) >= 11 is 3.35. The van der Waals surface area contributed by atoms with Crippen LogP contribution in [-0.2, 0) is 0 Å². The number of fused-ring (bicyclic) bond motifs is 1. The molecule has 0 unspecified atom stereocenters. The Balaban J connectivity index is 1.30. The highest BCUT2D eigenvalue weighted by Crippen LogP contribution is 2.30. The number of ketones is 1. The lowest BCUT2D eigenvalue weighted by Crippen LogP contribution is -2.30. The van der Waals surface area contributed by atoms with E-state index in [-0.39, 0.29) is 22.7 Å². The highest BCUT2D eigenvalue weighted by molar-refractivity contribution is 9.10. The van der Waals surface area contributed by atoms with Gasteiger partial charge in [0.2, 0.25) is 0 Å². The van der Waals surface area contributed by atoms with Crippen molar-refractivity contribution in [3.8, 4) is 0 Å². The summed E-state index contributed by atoms with van der Waals surface area (Å²) in [6.45, 7) is 2.26.